The van der Waals surface area contributed by atoms with Gasteiger partial charge >= 0.3 is 0 Å². The van der Waals surface area contributed by atoms with Gasteiger partial charge in [-0.3, -0.25) is 0 Å². The maximum atomic E-state index is 8.85. The predicted molar refractivity (Wildman–Crippen MR) is 65.9 cm³/mol. The Kier molecular flexibility index (Phi) is 5.65. The van der Waals surface area contributed by atoms with Crippen molar-refractivity contribution in [3.8, 4) is 0 Å². The lowest BCUT2D eigenvalue weighted by molar-refractivity contribution is 0.229. The summed E-state index contributed by atoms with van der Waals surface area (Å²) in [5, 5.41) is 12.1. The highest BCUT2D eigenvalue weighted by Crippen LogP contribution is 2.10. The molecular formula is C11H17BrN2O. The second kappa shape index (κ2) is 6.80. The molecule has 1 unspecified atom stereocenters. The maximum Gasteiger partial charge on any atom is 0.127 e. The van der Waals surface area contributed by atoms with Gasteiger partial charge in [-0.25, -0.2) is 4.98 Å². The van der Waals surface area contributed by atoms with E-state index in [1.165, 1.54) is 0 Å². The summed E-state index contributed by atoms with van der Waals surface area (Å²) >= 11 is 3.32. The van der Waals surface area contributed by atoms with Crippen LogP contribution < -0.4 is 5.32 Å². The summed E-state index contributed by atoms with van der Waals surface area (Å²) in [6.07, 6.45) is 2.09. The van der Waals surface area contributed by atoms with Crippen molar-refractivity contribution in [1.82, 2.24) is 4.98 Å². The Balaban J connectivity index is 2.20. The second-order valence-electron chi connectivity index (χ2n) is 3.70. The van der Waals surface area contributed by atoms with Crippen LogP contribution in [0, 0.1) is 5.92 Å². The maximum absolute atomic E-state index is 8.85. The zero-order valence-corrected chi connectivity index (χ0v) is 10.5. The Morgan fingerprint density at radius 1 is 1.53 bits per heavy atom. The fourth-order valence-corrected chi connectivity index (χ4v) is 1.61. The summed E-state index contributed by atoms with van der Waals surface area (Å²) in [5.41, 5.74) is 0. The second-order valence-corrected chi connectivity index (χ2v) is 4.51. The zero-order chi connectivity index (χ0) is 11.1. The molecule has 0 fully saturated rings. The molecule has 1 rings (SSSR count). The predicted octanol–water partition coefficient (Wildman–Crippen LogP) is 2.66. The van der Waals surface area contributed by atoms with Crippen LogP contribution >= 0.6 is 15.9 Å². The van der Waals surface area contributed by atoms with Crippen molar-refractivity contribution < 1.29 is 5.11 Å². The van der Waals surface area contributed by atoms with Crippen LogP contribution in [0.2, 0.25) is 0 Å². The first-order chi connectivity index (χ1) is 7.22. The first-order valence-corrected chi connectivity index (χ1v) is 5.99. The summed E-state index contributed by atoms with van der Waals surface area (Å²) in [6, 6.07) is 5.80. The van der Waals surface area contributed by atoms with Crippen LogP contribution in [-0.2, 0) is 0 Å². The number of nitrogens with zero attached hydrogens (tertiary/aromatic N) is 1. The van der Waals surface area contributed by atoms with Gasteiger partial charge in [0, 0.05) is 13.2 Å². The summed E-state index contributed by atoms with van der Waals surface area (Å²) in [7, 11) is 0. The van der Waals surface area contributed by atoms with Crippen LogP contribution in [0.15, 0.2) is 22.8 Å². The Labute approximate surface area is 99.1 Å². The number of aromatic nitrogens is 1. The highest BCUT2D eigenvalue weighted by molar-refractivity contribution is 9.10. The number of pyridine rings is 1. The number of hydrogen-bond acceptors (Lipinski definition) is 3. The molecule has 0 aromatic carbocycles. The number of aliphatic hydroxyl groups is 1. The quantitative estimate of drug-likeness (QED) is 0.618. The molecule has 0 aliphatic heterocycles. The molecule has 0 amide bonds. The van der Waals surface area contributed by atoms with Crippen LogP contribution in [0.5, 0.6) is 0 Å². The number of hydrogen-bond donors (Lipinski definition) is 2. The van der Waals surface area contributed by atoms with Gasteiger partial charge in [-0.1, -0.05) is 13.0 Å². The van der Waals surface area contributed by atoms with E-state index in [1.54, 1.807) is 0 Å². The van der Waals surface area contributed by atoms with E-state index in [0.29, 0.717) is 5.92 Å². The monoisotopic (exact) mass is 272 g/mol. The molecule has 1 aromatic heterocycles. The van der Waals surface area contributed by atoms with Gasteiger partial charge in [0.05, 0.1) is 0 Å². The molecule has 1 aromatic rings. The van der Waals surface area contributed by atoms with Crippen LogP contribution in [0.25, 0.3) is 0 Å². The van der Waals surface area contributed by atoms with Gasteiger partial charge in [0.15, 0.2) is 0 Å². The number of anilines is 1. The molecule has 3 nitrogen and oxygen atoms in total. The molecule has 1 heterocycles. The molecule has 15 heavy (non-hydrogen) atoms. The number of aliphatic hydroxyl groups excluding tert-OH is 1. The Morgan fingerprint density at radius 3 is 3.00 bits per heavy atom. The normalized spacial score (nSPS) is 12.5. The van der Waals surface area contributed by atoms with E-state index in [1.807, 2.05) is 18.2 Å². The Morgan fingerprint density at radius 2 is 2.33 bits per heavy atom. The highest BCUT2D eigenvalue weighted by Gasteiger charge is 1.99. The first-order valence-electron chi connectivity index (χ1n) is 5.19. The first kappa shape index (κ1) is 12.5. The molecule has 84 valence electrons. The van der Waals surface area contributed by atoms with Gasteiger partial charge in [-0.15, -0.1) is 0 Å². The molecular weight excluding hydrogens is 256 g/mol. The van der Waals surface area contributed by atoms with Crippen LogP contribution in [0.4, 0.5) is 5.82 Å². The third kappa shape index (κ3) is 5.14. The van der Waals surface area contributed by atoms with Crippen molar-refractivity contribution in [3.63, 3.8) is 0 Å². The van der Waals surface area contributed by atoms with Crippen molar-refractivity contribution >= 4 is 21.7 Å². The van der Waals surface area contributed by atoms with E-state index in [4.69, 9.17) is 5.11 Å². The van der Waals surface area contributed by atoms with Gasteiger partial charge in [0.25, 0.3) is 0 Å². The van der Waals surface area contributed by atoms with Crippen molar-refractivity contribution in [3.05, 3.63) is 22.8 Å². The third-order valence-electron chi connectivity index (χ3n) is 2.21. The smallest absolute Gasteiger partial charge is 0.127 e. The van der Waals surface area contributed by atoms with Crippen LogP contribution in [-0.4, -0.2) is 23.2 Å². The van der Waals surface area contributed by atoms with Crippen molar-refractivity contribution in [2.24, 2.45) is 5.92 Å². The van der Waals surface area contributed by atoms with E-state index in [2.05, 4.69) is 33.2 Å². The van der Waals surface area contributed by atoms with Crippen molar-refractivity contribution in [2.45, 2.75) is 19.8 Å². The molecule has 0 saturated heterocycles. The third-order valence-corrected chi connectivity index (χ3v) is 2.65. The van der Waals surface area contributed by atoms with Crippen LogP contribution in [0.3, 0.4) is 0 Å². The van der Waals surface area contributed by atoms with Gasteiger partial charge in [0.2, 0.25) is 0 Å². The molecule has 2 N–H and O–H groups in total. The summed E-state index contributed by atoms with van der Waals surface area (Å²) in [5.74, 6) is 1.28. The molecule has 0 bridgehead atoms. The fourth-order valence-electron chi connectivity index (χ4n) is 1.26. The van der Waals surface area contributed by atoms with E-state index in [0.717, 1.165) is 29.8 Å². The molecule has 0 spiro atoms. The highest BCUT2D eigenvalue weighted by atomic mass is 79.9. The van der Waals surface area contributed by atoms with E-state index < -0.39 is 0 Å². The number of nitrogens with one attached hydrogen (secondary N) is 1. The lowest BCUT2D eigenvalue weighted by Gasteiger charge is -2.08. The molecule has 0 saturated carbocycles. The van der Waals surface area contributed by atoms with Gasteiger partial charge in [-0.2, -0.15) is 0 Å². The van der Waals surface area contributed by atoms with Gasteiger partial charge in [0.1, 0.15) is 10.4 Å². The lowest BCUT2D eigenvalue weighted by atomic mass is 10.1. The minimum atomic E-state index is 0.273. The van der Waals surface area contributed by atoms with E-state index in [-0.39, 0.29) is 6.61 Å². The molecule has 1 atom stereocenters. The Bertz CT molecular complexity index is 294. The van der Waals surface area contributed by atoms with Crippen molar-refractivity contribution in [2.75, 3.05) is 18.5 Å². The number of halogens is 1. The van der Waals surface area contributed by atoms with Crippen molar-refractivity contribution in [1.29, 1.82) is 0 Å². The van der Waals surface area contributed by atoms with Gasteiger partial charge < -0.3 is 10.4 Å². The topological polar surface area (TPSA) is 45.1 Å². The summed E-state index contributed by atoms with van der Waals surface area (Å²) in [6.45, 7) is 3.22. The SMILES string of the molecule is CC(CO)CCCNc1cccc(Br)n1. The summed E-state index contributed by atoms with van der Waals surface area (Å²) in [4.78, 5) is 4.27. The minimum absolute atomic E-state index is 0.273. The molecule has 4 heteroatoms. The fraction of sp³-hybridized carbons (Fsp3) is 0.545. The van der Waals surface area contributed by atoms with E-state index in [9.17, 15) is 0 Å². The van der Waals surface area contributed by atoms with Crippen LogP contribution in [0.1, 0.15) is 19.8 Å². The largest absolute Gasteiger partial charge is 0.396 e. The molecule has 0 aliphatic carbocycles. The van der Waals surface area contributed by atoms with Gasteiger partial charge in [-0.05, 0) is 46.8 Å². The standard InChI is InChI=1S/C11H17BrN2O/c1-9(8-15)4-3-7-13-11-6-2-5-10(12)14-11/h2,5-6,9,15H,3-4,7-8H2,1H3,(H,13,14). The average molecular weight is 273 g/mol. The molecule has 0 radical (unpaired) electrons. The minimum Gasteiger partial charge on any atom is -0.396 e. The molecule has 0 aliphatic rings. The van der Waals surface area contributed by atoms with E-state index >= 15 is 0 Å². The number of rotatable bonds is 6. The summed E-state index contributed by atoms with van der Waals surface area (Å²) < 4.78 is 0.844. The zero-order valence-electron chi connectivity index (χ0n) is 8.91. The average Bonchev–Trinajstić information content (AvgIpc) is 2.24. The Hall–Kier alpha value is -0.610. The lowest BCUT2D eigenvalue weighted by Crippen LogP contribution is -2.07.